The lowest BCUT2D eigenvalue weighted by Gasteiger charge is -2.05. The highest BCUT2D eigenvalue weighted by Crippen LogP contribution is 2.28. The van der Waals surface area contributed by atoms with Gasteiger partial charge < -0.3 is 14.5 Å². The molecule has 28 heavy (non-hydrogen) atoms. The number of aryl methyl sites for hydroxylation is 1. The zero-order chi connectivity index (χ0) is 19.7. The molecule has 0 saturated heterocycles. The molecule has 0 aliphatic heterocycles. The van der Waals surface area contributed by atoms with Gasteiger partial charge >= 0.3 is 0 Å². The monoisotopic (exact) mass is 458 g/mol. The molecule has 9 heteroatoms. The fraction of sp³-hybridized carbons (Fsp3) is 0.105. The van der Waals surface area contributed by atoms with Gasteiger partial charge in [-0.25, -0.2) is 4.98 Å². The van der Waals surface area contributed by atoms with Gasteiger partial charge in [0.25, 0.3) is 5.91 Å². The molecular formula is C19H15BrN4O3S. The number of ether oxygens (including phenoxy) is 1. The van der Waals surface area contributed by atoms with Gasteiger partial charge in [-0.1, -0.05) is 12.1 Å². The van der Waals surface area contributed by atoms with Gasteiger partial charge in [0.05, 0.1) is 18.5 Å². The zero-order valence-electron chi connectivity index (χ0n) is 15.0. The summed E-state index contributed by atoms with van der Waals surface area (Å²) in [5, 5.41) is 9.86. The third kappa shape index (κ3) is 3.71. The van der Waals surface area contributed by atoms with Crippen molar-refractivity contribution in [2.45, 2.75) is 6.92 Å². The van der Waals surface area contributed by atoms with Crippen LogP contribution in [-0.2, 0) is 0 Å². The van der Waals surface area contributed by atoms with Crippen molar-refractivity contribution in [2.24, 2.45) is 0 Å². The second kappa shape index (κ2) is 7.61. The fourth-order valence-electron chi connectivity index (χ4n) is 2.63. The van der Waals surface area contributed by atoms with Crippen LogP contribution in [0.25, 0.3) is 16.4 Å². The first-order valence-corrected chi connectivity index (χ1v) is 9.94. The van der Waals surface area contributed by atoms with Crippen LogP contribution in [0.2, 0.25) is 0 Å². The molecule has 0 spiro atoms. The van der Waals surface area contributed by atoms with Crippen LogP contribution in [0.4, 0.5) is 5.82 Å². The highest BCUT2D eigenvalue weighted by molar-refractivity contribution is 9.10. The summed E-state index contributed by atoms with van der Waals surface area (Å²) in [5.74, 6) is 1.12. The van der Waals surface area contributed by atoms with Crippen LogP contribution in [0, 0.1) is 6.92 Å². The number of rotatable bonds is 5. The number of furan rings is 1. The minimum absolute atomic E-state index is 0.202. The summed E-state index contributed by atoms with van der Waals surface area (Å²) in [6.07, 6.45) is 0. The molecule has 0 aliphatic carbocycles. The van der Waals surface area contributed by atoms with Crippen LogP contribution in [0.3, 0.4) is 0 Å². The van der Waals surface area contributed by atoms with Crippen molar-refractivity contribution < 1.29 is 13.9 Å². The number of aromatic nitrogens is 3. The summed E-state index contributed by atoms with van der Waals surface area (Å²) in [5.41, 5.74) is 2.50. The third-order valence-electron chi connectivity index (χ3n) is 3.91. The predicted octanol–water partition coefficient (Wildman–Crippen LogP) is 4.92. The molecule has 0 aliphatic rings. The van der Waals surface area contributed by atoms with E-state index in [1.54, 1.807) is 30.0 Å². The number of nitrogens with one attached hydrogen (secondary N) is 1. The molecule has 1 amide bonds. The molecule has 0 saturated carbocycles. The Hall–Kier alpha value is -2.91. The SMILES string of the molecule is COc1cccc(-c2csc(-n3nc(C)cc3NC(=O)c3ccc(Br)o3)n2)c1. The van der Waals surface area contributed by atoms with Crippen LogP contribution in [-0.4, -0.2) is 27.8 Å². The number of methoxy groups -OCH3 is 1. The molecule has 7 nitrogen and oxygen atoms in total. The first-order chi connectivity index (χ1) is 13.5. The lowest BCUT2D eigenvalue weighted by molar-refractivity contribution is 0.0994. The molecule has 1 aromatic carbocycles. The van der Waals surface area contributed by atoms with Gasteiger partial charge in [0.2, 0.25) is 5.13 Å². The Labute approximate surface area is 173 Å². The minimum Gasteiger partial charge on any atom is -0.497 e. The Kier molecular flexibility index (Phi) is 5.01. The summed E-state index contributed by atoms with van der Waals surface area (Å²) in [6.45, 7) is 1.85. The smallest absolute Gasteiger partial charge is 0.292 e. The van der Waals surface area contributed by atoms with Crippen LogP contribution in [0.1, 0.15) is 16.2 Å². The average molecular weight is 459 g/mol. The number of benzene rings is 1. The van der Waals surface area contributed by atoms with Crippen molar-refractivity contribution in [1.82, 2.24) is 14.8 Å². The first-order valence-electron chi connectivity index (χ1n) is 8.27. The molecule has 0 unspecified atom stereocenters. The van der Waals surface area contributed by atoms with Crippen molar-refractivity contribution in [3.05, 3.63) is 64.0 Å². The van der Waals surface area contributed by atoms with Gasteiger partial charge in [-0.3, -0.25) is 4.79 Å². The second-order valence-electron chi connectivity index (χ2n) is 5.89. The number of carbonyl (C=O) groups excluding carboxylic acids is 1. The topological polar surface area (TPSA) is 82.2 Å². The molecular weight excluding hydrogens is 444 g/mol. The first kappa shape index (κ1) is 18.5. The number of hydrogen-bond donors (Lipinski definition) is 1. The number of nitrogens with zero attached hydrogens (tertiary/aromatic N) is 3. The van der Waals surface area contributed by atoms with Gasteiger partial charge in [-0.05, 0) is 47.1 Å². The van der Waals surface area contributed by atoms with E-state index in [0.29, 0.717) is 15.6 Å². The number of thiazole rings is 1. The maximum atomic E-state index is 12.4. The van der Waals surface area contributed by atoms with E-state index in [1.807, 2.05) is 36.6 Å². The highest BCUT2D eigenvalue weighted by Gasteiger charge is 2.17. The fourth-order valence-corrected chi connectivity index (χ4v) is 3.73. The Morgan fingerprint density at radius 3 is 2.89 bits per heavy atom. The Morgan fingerprint density at radius 1 is 1.29 bits per heavy atom. The van der Waals surface area contributed by atoms with Crippen molar-refractivity contribution in [2.75, 3.05) is 12.4 Å². The van der Waals surface area contributed by atoms with Crippen molar-refractivity contribution in [1.29, 1.82) is 0 Å². The summed E-state index contributed by atoms with van der Waals surface area (Å²) < 4.78 is 12.7. The van der Waals surface area contributed by atoms with E-state index in [0.717, 1.165) is 22.7 Å². The van der Waals surface area contributed by atoms with Crippen LogP contribution in [0.5, 0.6) is 5.75 Å². The van der Waals surface area contributed by atoms with Crippen LogP contribution < -0.4 is 10.1 Å². The standard InChI is InChI=1S/C19H15BrN4O3S/c1-11-8-17(22-18(25)15-6-7-16(20)27-15)24(23-11)19-21-14(10-28-19)12-4-3-5-13(9-12)26-2/h3-10H,1-2H3,(H,22,25). The van der Waals surface area contributed by atoms with Crippen molar-refractivity contribution in [3.63, 3.8) is 0 Å². The molecule has 4 rings (SSSR count). The minimum atomic E-state index is -0.364. The number of carbonyl (C=O) groups is 1. The van der Waals surface area contributed by atoms with Gasteiger partial charge in [0.1, 0.15) is 11.6 Å². The number of amides is 1. The number of halogens is 1. The van der Waals surface area contributed by atoms with Gasteiger partial charge in [-0.2, -0.15) is 9.78 Å². The Bertz CT molecular complexity index is 1150. The van der Waals surface area contributed by atoms with Crippen LogP contribution >= 0.6 is 27.3 Å². The zero-order valence-corrected chi connectivity index (χ0v) is 17.4. The lowest BCUT2D eigenvalue weighted by Crippen LogP contribution is -2.14. The third-order valence-corrected chi connectivity index (χ3v) is 5.15. The summed E-state index contributed by atoms with van der Waals surface area (Å²) >= 11 is 4.63. The Morgan fingerprint density at radius 2 is 2.14 bits per heavy atom. The second-order valence-corrected chi connectivity index (χ2v) is 7.51. The molecule has 3 aromatic heterocycles. The van der Waals surface area contributed by atoms with Crippen molar-refractivity contribution >= 4 is 39.0 Å². The molecule has 4 aromatic rings. The molecule has 3 heterocycles. The Balaban J connectivity index is 1.63. The van der Waals surface area contributed by atoms with Gasteiger partial charge in [0.15, 0.2) is 10.4 Å². The largest absolute Gasteiger partial charge is 0.497 e. The van der Waals surface area contributed by atoms with Gasteiger partial charge in [-0.15, -0.1) is 11.3 Å². The van der Waals surface area contributed by atoms with E-state index in [1.165, 1.54) is 11.3 Å². The van der Waals surface area contributed by atoms with Crippen molar-refractivity contribution in [3.8, 4) is 22.1 Å². The van der Waals surface area contributed by atoms with E-state index in [-0.39, 0.29) is 11.7 Å². The van der Waals surface area contributed by atoms with E-state index in [2.05, 4.69) is 31.3 Å². The lowest BCUT2D eigenvalue weighted by atomic mass is 10.2. The van der Waals surface area contributed by atoms with E-state index in [9.17, 15) is 4.79 Å². The summed E-state index contributed by atoms with van der Waals surface area (Å²) in [6, 6.07) is 12.7. The summed E-state index contributed by atoms with van der Waals surface area (Å²) in [4.78, 5) is 17.1. The van der Waals surface area contributed by atoms with Crippen LogP contribution in [0.15, 0.2) is 56.9 Å². The van der Waals surface area contributed by atoms with Gasteiger partial charge in [0, 0.05) is 17.0 Å². The maximum absolute atomic E-state index is 12.4. The average Bonchev–Trinajstić information content (AvgIpc) is 3.41. The molecule has 1 N–H and O–H groups in total. The molecule has 0 bridgehead atoms. The summed E-state index contributed by atoms with van der Waals surface area (Å²) in [7, 11) is 1.63. The normalized spacial score (nSPS) is 10.8. The number of hydrogen-bond acceptors (Lipinski definition) is 6. The maximum Gasteiger partial charge on any atom is 0.292 e. The molecule has 0 atom stereocenters. The quantitative estimate of drug-likeness (QED) is 0.458. The molecule has 0 fully saturated rings. The molecule has 142 valence electrons. The highest BCUT2D eigenvalue weighted by atomic mass is 79.9. The van der Waals surface area contributed by atoms with E-state index in [4.69, 9.17) is 9.15 Å². The van der Waals surface area contributed by atoms with E-state index < -0.39 is 0 Å². The van der Waals surface area contributed by atoms with E-state index >= 15 is 0 Å². The predicted molar refractivity (Wildman–Crippen MR) is 110 cm³/mol. The number of anilines is 1. The molecule has 0 radical (unpaired) electrons.